The van der Waals surface area contributed by atoms with Crippen LogP contribution in [0.2, 0.25) is 0 Å². The fourth-order valence-electron chi connectivity index (χ4n) is 2.17. The van der Waals surface area contributed by atoms with Crippen molar-refractivity contribution in [1.29, 1.82) is 0 Å². The molecule has 0 spiro atoms. The summed E-state index contributed by atoms with van der Waals surface area (Å²) in [4.78, 5) is 4.48. The molecule has 2 aromatic rings. The highest BCUT2D eigenvalue weighted by Gasteiger charge is 2.16. The van der Waals surface area contributed by atoms with Crippen LogP contribution in [-0.2, 0) is 13.5 Å². The molecule has 0 radical (unpaired) electrons. The molecule has 1 heterocycles. The minimum absolute atomic E-state index is 0.249. The minimum atomic E-state index is 0.249. The number of imidazole rings is 1. The van der Waals surface area contributed by atoms with Crippen molar-refractivity contribution in [3.63, 3.8) is 0 Å². The second-order valence-electron chi connectivity index (χ2n) is 4.70. The Balaban J connectivity index is 2.19. The molecule has 1 atom stereocenters. The Hall–Kier alpha value is -1.13. The van der Waals surface area contributed by atoms with Gasteiger partial charge in [-0.2, -0.15) is 0 Å². The predicted octanol–water partition coefficient (Wildman–Crippen LogP) is 3.47. The number of aryl methyl sites for hydroxylation is 1. The van der Waals surface area contributed by atoms with Crippen LogP contribution >= 0.6 is 15.9 Å². The first kappa shape index (κ1) is 14.3. The van der Waals surface area contributed by atoms with Gasteiger partial charge in [0.2, 0.25) is 0 Å². The van der Waals surface area contributed by atoms with E-state index in [4.69, 9.17) is 0 Å². The normalized spacial score (nSPS) is 12.6. The highest BCUT2D eigenvalue weighted by molar-refractivity contribution is 9.10. The minimum Gasteiger partial charge on any atom is -0.337 e. The van der Waals surface area contributed by atoms with Crippen LogP contribution in [0.15, 0.2) is 41.1 Å². The zero-order chi connectivity index (χ0) is 13.7. The molecule has 2 rings (SSSR count). The highest BCUT2D eigenvalue weighted by Crippen LogP contribution is 2.22. The average molecular weight is 322 g/mol. The van der Waals surface area contributed by atoms with Crippen molar-refractivity contribution in [2.45, 2.75) is 25.8 Å². The summed E-state index contributed by atoms with van der Waals surface area (Å²) in [6, 6.07) is 8.62. The Bertz CT molecular complexity index is 522. The second kappa shape index (κ2) is 6.87. The van der Waals surface area contributed by atoms with Gasteiger partial charge in [-0.25, -0.2) is 4.98 Å². The third kappa shape index (κ3) is 3.67. The lowest BCUT2D eigenvalue weighted by atomic mass is 10.1. The summed E-state index contributed by atoms with van der Waals surface area (Å²) in [5, 5.41) is 3.58. The van der Waals surface area contributed by atoms with Crippen molar-refractivity contribution in [2.24, 2.45) is 7.05 Å². The molecule has 0 saturated heterocycles. The zero-order valence-corrected chi connectivity index (χ0v) is 13.0. The van der Waals surface area contributed by atoms with Gasteiger partial charge in [0.25, 0.3) is 0 Å². The number of nitrogens with zero attached hydrogens (tertiary/aromatic N) is 2. The van der Waals surface area contributed by atoms with Crippen LogP contribution in [0.25, 0.3) is 0 Å². The standard InChI is InChI=1S/C15H20BrN3/c1-3-8-17-14(15-18-9-10-19(15)2)11-12-6-4-5-7-13(12)16/h4-7,9-10,14,17H,3,8,11H2,1-2H3. The number of halogens is 1. The van der Waals surface area contributed by atoms with Gasteiger partial charge >= 0.3 is 0 Å². The summed E-state index contributed by atoms with van der Waals surface area (Å²) in [5.74, 6) is 1.09. The molecule has 19 heavy (non-hydrogen) atoms. The molecule has 0 aliphatic carbocycles. The first-order chi connectivity index (χ1) is 9.22. The van der Waals surface area contributed by atoms with Crippen LogP contribution in [0.3, 0.4) is 0 Å². The molecule has 0 bridgehead atoms. The monoisotopic (exact) mass is 321 g/mol. The molecule has 0 fully saturated rings. The first-order valence-electron chi connectivity index (χ1n) is 6.66. The van der Waals surface area contributed by atoms with Crippen molar-refractivity contribution >= 4 is 15.9 Å². The smallest absolute Gasteiger partial charge is 0.125 e. The fourth-order valence-corrected chi connectivity index (χ4v) is 2.62. The number of hydrogen-bond acceptors (Lipinski definition) is 2. The third-order valence-corrected chi connectivity index (χ3v) is 3.97. The molecule has 0 amide bonds. The number of benzene rings is 1. The summed E-state index contributed by atoms with van der Waals surface area (Å²) in [5.41, 5.74) is 1.30. The van der Waals surface area contributed by atoms with Crippen LogP contribution in [-0.4, -0.2) is 16.1 Å². The second-order valence-corrected chi connectivity index (χ2v) is 5.55. The maximum absolute atomic E-state index is 4.48. The van der Waals surface area contributed by atoms with Gasteiger partial charge in [-0.3, -0.25) is 0 Å². The molecule has 1 unspecified atom stereocenters. The van der Waals surface area contributed by atoms with Gasteiger partial charge < -0.3 is 9.88 Å². The van der Waals surface area contributed by atoms with Crippen LogP contribution < -0.4 is 5.32 Å². The maximum Gasteiger partial charge on any atom is 0.125 e. The molecule has 102 valence electrons. The largest absolute Gasteiger partial charge is 0.337 e. The van der Waals surface area contributed by atoms with Crippen molar-refractivity contribution in [2.75, 3.05) is 6.54 Å². The van der Waals surface area contributed by atoms with E-state index >= 15 is 0 Å². The molecule has 1 aromatic heterocycles. The van der Waals surface area contributed by atoms with E-state index in [0.717, 1.165) is 29.7 Å². The molecular weight excluding hydrogens is 302 g/mol. The van der Waals surface area contributed by atoms with Crippen LogP contribution in [0.4, 0.5) is 0 Å². The van der Waals surface area contributed by atoms with Gasteiger partial charge in [0.15, 0.2) is 0 Å². The average Bonchev–Trinajstić information content (AvgIpc) is 2.83. The fraction of sp³-hybridized carbons (Fsp3) is 0.400. The van der Waals surface area contributed by atoms with E-state index in [1.807, 2.05) is 25.5 Å². The first-order valence-corrected chi connectivity index (χ1v) is 7.45. The van der Waals surface area contributed by atoms with Gasteiger partial charge in [-0.05, 0) is 31.0 Å². The van der Waals surface area contributed by atoms with Gasteiger partial charge in [-0.15, -0.1) is 0 Å². The molecule has 3 nitrogen and oxygen atoms in total. The molecule has 0 aliphatic heterocycles. The molecule has 0 saturated carbocycles. The summed E-state index contributed by atoms with van der Waals surface area (Å²) in [7, 11) is 2.04. The Morgan fingerprint density at radius 3 is 2.79 bits per heavy atom. The number of rotatable bonds is 6. The summed E-state index contributed by atoms with van der Waals surface area (Å²) in [6.45, 7) is 3.18. The van der Waals surface area contributed by atoms with Crippen molar-refractivity contribution in [3.05, 3.63) is 52.5 Å². The molecule has 0 aliphatic rings. The van der Waals surface area contributed by atoms with Crippen molar-refractivity contribution < 1.29 is 0 Å². The van der Waals surface area contributed by atoms with E-state index in [1.54, 1.807) is 0 Å². The van der Waals surface area contributed by atoms with E-state index in [-0.39, 0.29) is 6.04 Å². The van der Waals surface area contributed by atoms with Gasteiger partial charge in [-0.1, -0.05) is 41.1 Å². The predicted molar refractivity (Wildman–Crippen MR) is 82.1 cm³/mol. The third-order valence-electron chi connectivity index (χ3n) is 3.19. The maximum atomic E-state index is 4.48. The Kier molecular flexibility index (Phi) is 5.16. The summed E-state index contributed by atoms with van der Waals surface area (Å²) in [6.07, 6.45) is 5.91. The number of aromatic nitrogens is 2. The Labute approximate surface area is 123 Å². The van der Waals surface area contributed by atoms with Gasteiger partial charge in [0, 0.05) is 23.9 Å². The quantitative estimate of drug-likeness (QED) is 0.883. The molecule has 1 N–H and O–H groups in total. The topological polar surface area (TPSA) is 29.9 Å². The summed E-state index contributed by atoms with van der Waals surface area (Å²) >= 11 is 3.62. The highest BCUT2D eigenvalue weighted by atomic mass is 79.9. The molecule has 4 heteroatoms. The lowest BCUT2D eigenvalue weighted by molar-refractivity contribution is 0.491. The Morgan fingerprint density at radius 1 is 1.37 bits per heavy atom. The molecular formula is C15H20BrN3. The summed E-state index contributed by atoms with van der Waals surface area (Å²) < 4.78 is 3.25. The van der Waals surface area contributed by atoms with E-state index in [1.165, 1.54) is 5.56 Å². The van der Waals surface area contributed by atoms with Crippen LogP contribution in [0, 0.1) is 0 Å². The lowest BCUT2D eigenvalue weighted by Crippen LogP contribution is -2.26. The SMILES string of the molecule is CCCNC(Cc1ccccc1Br)c1nccn1C. The van der Waals surface area contributed by atoms with Crippen LogP contribution in [0.1, 0.15) is 30.8 Å². The zero-order valence-electron chi connectivity index (χ0n) is 11.4. The van der Waals surface area contributed by atoms with Crippen LogP contribution in [0.5, 0.6) is 0 Å². The van der Waals surface area contributed by atoms with Gasteiger partial charge in [0.1, 0.15) is 5.82 Å². The van der Waals surface area contributed by atoms with E-state index < -0.39 is 0 Å². The number of hydrogen-bond donors (Lipinski definition) is 1. The Morgan fingerprint density at radius 2 is 2.16 bits per heavy atom. The number of nitrogens with one attached hydrogen (secondary N) is 1. The van der Waals surface area contributed by atoms with E-state index in [9.17, 15) is 0 Å². The van der Waals surface area contributed by atoms with E-state index in [2.05, 4.69) is 55.9 Å². The molecule has 1 aromatic carbocycles. The lowest BCUT2D eigenvalue weighted by Gasteiger charge is -2.19. The van der Waals surface area contributed by atoms with Crippen molar-refractivity contribution in [1.82, 2.24) is 14.9 Å². The van der Waals surface area contributed by atoms with Gasteiger partial charge in [0.05, 0.1) is 6.04 Å². The van der Waals surface area contributed by atoms with Crippen molar-refractivity contribution in [3.8, 4) is 0 Å². The van der Waals surface area contributed by atoms with E-state index in [0.29, 0.717) is 0 Å².